The molecule has 3 nitrogen and oxygen atoms in total. The molecule has 102 valence electrons. The number of aryl methyl sites for hydroxylation is 1. The molecule has 0 spiro atoms. The van der Waals surface area contributed by atoms with Crippen molar-refractivity contribution in [2.75, 3.05) is 0 Å². The van der Waals surface area contributed by atoms with Crippen LogP contribution >= 0.6 is 50.1 Å². The van der Waals surface area contributed by atoms with E-state index in [1.54, 1.807) is 6.20 Å². The lowest BCUT2D eigenvalue weighted by Gasteiger charge is -2.16. The van der Waals surface area contributed by atoms with Gasteiger partial charge >= 0.3 is 0 Å². The summed E-state index contributed by atoms with van der Waals surface area (Å²) in [6.07, 6.45) is 2.81. The standard InChI is InChI=1S/C13H14BrClIN3/c1-2-5-19-13(9(14)7-18-19)12(17)8-3-4-11(16)10(15)6-8/h3-4,6-7,12H,2,5,17H2,1H3. The lowest BCUT2D eigenvalue weighted by Crippen LogP contribution is -2.18. The summed E-state index contributed by atoms with van der Waals surface area (Å²) in [5.41, 5.74) is 8.33. The van der Waals surface area contributed by atoms with Crippen LogP contribution in [0, 0.1) is 3.57 Å². The summed E-state index contributed by atoms with van der Waals surface area (Å²) in [6, 6.07) is 5.67. The van der Waals surface area contributed by atoms with Crippen molar-refractivity contribution in [2.45, 2.75) is 25.9 Å². The fourth-order valence-corrected chi connectivity index (χ4v) is 3.00. The SMILES string of the molecule is CCCn1ncc(Br)c1C(N)c1ccc(I)c(Cl)c1. The van der Waals surface area contributed by atoms with Crippen LogP contribution in [0.1, 0.15) is 30.6 Å². The second-order valence-electron chi connectivity index (χ2n) is 4.25. The van der Waals surface area contributed by atoms with Gasteiger partial charge in [0, 0.05) is 10.1 Å². The topological polar surface area (TPSA) is 43.8 Å². The first kappa shape index (κ1) is 15.3. The van der Waals surface area contributed by atoms with Crippen LogP contribution in [0.25, 0.3) is 0 Å². The van der Waals surface area contributed by atoms with Crippen LogP contribution in [-0.4, -0.2) is 9.78 Å². The van der Waals surface area contributed by atoms with Crippen molar-refractivity contribution < 1.29 is 0 Å². The first-order chi connectivity index (χ1) is 9.04. The van der Waals surface area contributed by atoms with E-state index >= 15 is 0 Å². The quantitative estimate of drug-likeness (QED) is 0.698. The minimum absolute atomic E-state index is 0.238. The Morgan fingerprint density at radius 2 is 2.26 bits per heavy atom. The molecule has 6 heteroatoms. The Morgan fingerprint density at radius 1 is 1.53 bits per heavy atom. The average molecular weight is 455 g/mol. The number of benzene rings is 1. The zero-order valence-electron chi connectivity index (χ0n) is 10.4. The molecule has 0 aliphatic carbocycles. The second-order valence-corrected chi connectivity index (χ2v) is 6.68. The van der Waals surface area contributed by atoms with Crippen LogP contribution in [0.2, 0.25) is 5.02 Å². The maximum atomic E-state index is 6.36. The summed E-state index contributed by atoms with van der Waals surface area (Å²) < 4.78 is 3.90. The molecule has 0 saturated carbocycles. The van der Waals surface area contributed by atoms with Crippen LogP contribution in [0.5, 0.6) is 0 Å². The van der Waals surface area contributed by atoms with Gasteiger partial charge in [0.2, 0.25) is 0 Å². The Bertz CT molecular complexity index is 585. The monoisotopic (exact) mass is 453 g/mol. The maximum absolute atomic E-state index is 6.36. The minimum Gasteiger partial charge on any atom is -0.319 e. The summed E-state index contributed by atoms with van der Waals surface area (Å²) in [5.74, 6) is 0. The Morgan fingerprint density at radius 3 is 2.89 bits per heavy atom. The molecule has 1 aromatic carbocycles. The predicted molar refractivity (Wildman–Crippen MR) is 90.4 cm³/mol. The lowest BCUT2D eigenvalue weighted by atomic mass is 10.0. The number of halogens is 3. The van der Waals surface area contributed by atoms with Crippen LogP contribution in [0.3, 0.4) is 0 Å². The molecule has 0 aliphatic heterocycles. The molecule has 0 fully saturated rings. The Labute approximate surface area is 139 Å². The zero-order valence-corrected chi connectivity index (χ0v) is 14.9. The normalized spacial score (nSPS) is 12.7. The smallest absolute Gasteiger partial charge is 0.0738 e. The van der Waals surface area contributed by atoms with Gasteiger partial charge in [-0.25, -0.2) is 0 Å². The molecule has 0 bridgehead atoms. The Kier molecular flexibility index (Phi) is 5.28. The molecule has 1 aromatic heterocycles. The molecule has 19 heavy (non-hydrogen) atoms. The van der Waals surface area contributed by atoms with Gasteiger partial charge in [0.1, 0.15) is 0 Å². The number of hydrogen-bond donors (Lipinski definition) is 1. The van der Waals surface area contributed by atoms with Gasteiger partial charge < -0.3 is 5.73 Å². The second kappa shape index (κ2) is 6.56. The molecule has 0 aliphatic rings. The van der Waals surface area contributed by atoms with Gasteiger partial charge in [0.15, 0.2) is 0 Å². The summed E-state index contributed by atoms with van der Waals surface area (Å²) in [7, 11) is 0. The number of nitrogens with zero attached hydrogens (tertiary/aromatic N) is 2. The third-order valence-corrected chi connectivity index (χ3v) is 5.05. The molecular formula is C13H14BrClIN3. The number of aromatic nitrogens is 2. The minimum atomic E-state index is -0.238. The first-order valence-electron chi connectivity index (χ1n) is 5.96. The zero-order chi connectivity index (χ0) is 14.0. The number of hydrogen-bond acceptors (Lipinski definition) is 2. The average Bonchev–Trinajstić information content (AvgIpc) is 2.74. The molecule has 2 aromatic rings. The largest absolute Gasteiger partial charge is 0.319 e. The van der Waals surface area contributed by atoms with Crippen molar-refractivity contribution in [3.63, 3.8) is 0 Å². The van der Waals surface area contributed by atoms with E-state index < -0.39 is 0 Å². The van der Waals surface area contributed by atoms with E-state index in [9.17, 15) is 0 Å². The maximum Gasteiger partial charge on any atom is 0.0738 e. The van der Waals surface area contributed by atoms with Gasteiger partial charge in [0.25, 0.3) is 0 Å². The van der Waals surface area contributed by atoms with Crippen LogP contribution in [0.4, 0.5) is 0 Å². The molecular weight excluding hydrogens is 440 g/mol. The highest BCUT2D eigenvalue weighted by Gasteiger charge is 2.18. The van der Waals surface area contributed by atoms with Gasteiger partial charge in [-0.2, -0.15) is 5.10 Å². The van der Waals surface area contributed by atoms with Gasteiger partial charge in [0.05, 0.1) is 27.4 Å². The molecule has 0 saturated heterocycles. The van der Waals surface area contributed by atoms with Crippen LogP contribution in [-0.2, 0) is 6.54 Å². The summed E-state index contributed by atoms with van der Waals surface area (Å²) >= 11 is 11.9. The van der Waals surface area contributed by atoms with Crippen molar-refractivity contribution in [3.05, 3.63) is 48.7 Å². The van der Waals surface area contributed by atoms with E-state index in [-0.39, 0.29) is 6.04 Å². The molecule has 1 heterocycles. The summed E-state index contributed by atoms with van der Waals surface area (Å²) in [4.78, 5) is 0. The first-order valence-corrected chi connectivity index (χ1v) is 8.21. The third kappa shape index (κ3) is 3.32. The van der Waals surface area contributed by atoms with Gasteiger partial charge in [-0.15, -0.1) is 0 Å². The lowest BCUT2D eigenvalue weighted by molar-refractivity contribution is 0.559. The highest BCUT2D eigenvalue weighted by atomic mass is 127. The van der Waals surface area contributed by atoms with Crippen molar-refractivity contribution in [1.29, 1.82) is 0 Å². The third-order valence-electron chi connectivity index (χ3n) is 2.87. The van der Waals surface area contributed by atoms with E-state index in [1.165, 1.54) is 0 Å². The van der Waals surface area contributed by atoms with E-state index in [1.807, 2.05) is 22.9 Å². The van der Waals surface area contributed by atoms with Crippen molar-refractivity contribution in [1.82, 2.24) is 9.78 Å². The molecule has 0 amide bonds. The van der Waals surface area contributed by atoms with E-state index in [0.717, 1.165) is 37.3 Å². The fourth-order valence-electron chi connectivity index (χ4n) is 1.93. The van der Waals surface area contributed by atoms with Crippen molar-refractivity contribution >= 4 is 50.1 Å². The molecule has 1 unspecified atom stereocenters. The summed E-state index contributed by atoms with van der Waals surface area (Å²) in [5, 5.41) is 5.08. The van der Waals surface area contributed by atoms with Gasteiger partial charge in [-0.1, -0.05) is 24.6 Å². The molecule has 1 atom stereocenters. The predicted octanol–water partition coefficient (Wildman–Crippen LogP) is 4.36. The molecule has 2 rings (SSSR count). The van der Waals surface area contributed by atoms with Crippen molar-refractivity contribution in [3.8, 4) is 0 Å². The summed E-state index contributed by atoms with van der Waals surface area (Å²) in [6.45, 7) is 2.97. The highest BCUT2D eigenvalue weighted by molar-refractivity contribution is 14.1. The van der Waals surface area contributed by atoms with E-state index in [2.05, 4.69) is 50.5 Å². The van der Waals surface area contributed by atoms with Gasteiger partial charge in [-0.05, 0) is 62.6 Å². The highest BCUT2D eigenvalue weighted by Crippen LogP contribution is 2.29. The van der Waals surface area contributed by atoms with Crippen molar-refractivity contribution in [2.24, 2.45) is 5.73 Å². The van der Waals surface area contributed by atoms with E-state index in [0.29, 0.717) is 0 Å². The van der Waals surface area contributed by atoms with Gasteiger partial charge in [-0.3, -0.25) is 4.68 Å². The Balaban J connectivity index is 2.40. The molecule has 0 radical (unpaired) electrons. The Hall–Kier alpha value is -0.110. The van der Waals surface area contributed by atoms with E-state index in [4.69, 9.17) is 17.3 Å². The van der Waals surface area contributed by atoms with Crippen LogP contribution in [0.15, 0.2) is 28.9 Å². The van der Waals surface area contributed by atoms with Crippen LogP contribution < -0.4 is 5.73 Å². The fraction of sp³-hybridized carbons (Fsp3) is 0.308. The number of rotatable bonds is 4. The number of nitrogens with two attached hydrogens (primary N) is 1. The molecule has 2 N–H and O–H groups in total.